The van der Waals surface area contributed by atoms with Crippen molar-refractivity contribution in [3.63, 3.8) is 0 Å². The number of halogens is 1. The Kier molecular flexibility index (Phi) is 5.84. The molecule has 0 unspecified atom stereocenters. The van der Waals surface area contributed by atoms with Crippen LogP contribution in [0.25, 0.3) is 0 Å². The molecule has 0 atom stereocenters. The lowest BCUT2D eigenvalue weighted by molar-refractivity contribution is -0.114. The number of carbonyl (C=O) groups excluding carboxylic acids is 2. The van der Waals surface area contributed by atoms with Gasteiger partial charge in [0.25, 0.3) is 5.91 Å². The van der Waals surface area contributed by atoms with Gasteiger partial charge in [0.15, 0.2) is 0 Å². The van der Waals surface area contributed by atoms with Crippen LogP contribution < -0.4 is 16.0 Å². The number of furan rings is 1. The van der Waals surface area contributed by atoms with Gasteiger partial charge in [-0.1, -0.05) is 18.2 Å². The van der Waals surface area contributed by atoms with Crippen molar-refractivity contribution in [2.45, 2.75) is 6.54 Å². The highest BCUT2D eigenvalue weighted by Gasteiger charge is 2.09. The summed E-state index contributed by atoms with van der Waals surface area (Å²) < 4.78 is 18.7. The fourth-order valence-corrected chi connectivity index (χ4v) is 2.41. The SMILES string of the molecule is O=C(CNc1ccccc1F)Nc1cccc(C(=O)NCc2ccco2)c1. The lowest BCUT2D eigenvalue weighted by atomic mass is 10.2. The number of rotatable bonds is 7. The molecule has 0 spiro atoms. The summed E-state index contributed by atoms with van der Waals surface area (Å²) in [7, 11) is 0. The third kappa shape index (κ3) is 5.18. The molecular weight excluding hydrogens is 349 g/mol. The van der Waals surface area contributed by atoms with E-state index in [1.54, 1.807) is 54.6 Å². The van der Waals surface area contributed by atoms with E-state index < -0.39 is 5.82 Å². The smallest absolute Gasteiger partial charge is 0.251 e. The van der Waals surface area contributed by atoms with E-state index in [2.05, 4.69) is 16.0 Å². The van der Waals surface area contributed by atoms with E-state index in [9.17, 15) is 14.0 Å². The van der Waals surface area contributed by atoms with Gasteiger partial charge in [0.2, 0.25) is 5.91 Å². The van der Waals surface area contributed by atoms with Crippen molar-refractivity contribution in [1.29, 1.82) is 0 Å². The summed E-state index contributed by atoms with van der Waals surface area (Å²) in [6.07, 6.45) is 1.53. The molecule has 0 fully saturated rings. The van der Waals surface area contributed by atoms with Crippen molar-refractivity contribution in [2.75, 3.05) is 17.2 Å². The van der Waals surface area contributed by atoms with Gasteiger partial charge in [0.1, 0.15) is 11.6 Å². The number of benzene rings is 2. The average Bonchev–Trinajstić information content (AvgIpc) is 3.19. The van der Waals surface area contributed by atoms with E-state index in [1.165, 1.54) is 12.3 Å². The van der Waals surface area contributed by atoms with Crippen LogP contribution in [-0.4, -0.2) is 18.4 Å². The number of hydrogen-bond donors (Lipinski definition) is 3. The zero-order valence-electron chi connectivity index (χ0n) is 14.4. The molecule has 3 rings (SSSR count). The van der Waals surface area contributed by atoms with Gasteiger partial charge >= 0.3 is 0 Å². The Morgan fingerprint density at radius 1 is 1.00 bits per heavy atom. The number of amides is 2. The molecule has 7 heteroatoms. The molecule has 0 saturated carbocycles. The minimum absolute atomic E-state index is 0.101. The second kappa shape index (κ2) is 8.66. The van der Waals surface area contributed by atoms with Crippen LogP contribution in [0.15, 0.2) is 71.3 Å². The molecule has 1 aromatic heterocycles. The highest BCUT2D eigenvalue weighted by molar-refractivity contribution is 5.98. The van der Waals surface area contributed by atoms with E-state index >= 15 is 0 Å². The maximum absolute atomic E-state index is 13.5. The van der Waals surface area contributed by atoms with Gasteiger partial charge in [-0.15, -0.1) is 0 Å². The Bertz CT molecular complexity index is 926. The minimum Gasteiger partial charge on any atom is -0.467 e. The predicted octanol–water partition coefficient (Wildman–Crippen LogP) is 3.40. The molecule has 0 radical (unpaired) electrons. The highest BCUT2D eigenvalue weighted by Crippen LogP contribution is 2.13. The third-order valence-corrected chi connectivity index (χ3v) is 3.73. The van der Waals surface area contributed by atoms with E-state index in [4.69, 9.17) is 4.42 Å². The van der Waals surface area contributed by atoms with Crippen LogP contribution in [0.3, 0.4) is 0 Å². The van der Waals surface area contributed by atoms with Crippen molar-refractivity contribution < 1.29 is 18.4 Å². The monoisotopic (exact) mass is 367 g/mol. The summed E-state index contributed by atoms with van der Waals surface area (Å²) >= 11 is 0. The number of para-hydroxylation sites is 1. The quantitative estimate of drug-likeness (QED) is 0.598. The summed E-state index contributed by atoms with van der Waals surface area (Å²) in [5.74, 6) is -0.425. The van der Waals surface area contributed by atoms with E-state index in [0.29, 0.717) is 17.0 Å². The topological polar surface area (TPSA) is 83.4 Å². The highest BCUT2D eigenvalue weighted by atomic mass is 19.1. The van der Waals surface area contributed by atoms with Crippen LogP contribution in [0.5, 0.6) is 0 Å². The van der Waals surface area contributed by atoms with Gasteiger partial charge < -0.3 is 20.4 Å². The number of hydrogen-bond acceptors (Lipinski definition) is 4. The van der Waals surface area contributed by atoms with Gasteiger partial charge in [-0.05, 0) is 42.5 Å². The Labute approximate surface area is 155 Å². The van der Waals surface area contributed by atoms with Crippen LogP contribution in [-0.2, 0) is 11.3 Å². The summed E-state index contributed by atoms with van der Waals surface area (Å²) in [4.78, 5) is 24.3. The maximum Gasteiger partial charge on any atom is 0.251 e. The maximum atomic E-state index is 13.5. The summed E-state index contributed by atoms with van der Waals surface area (Å²) in [6, 6.07) is 16.2. The fourth-order valence-electron chi connectivity index (χ4n) is 2.41. The van der Waals surface area contributed by atoms with Crippen LogP contribution in [0.2, 0.25) is 0 Å². The molecule has 2 amide bonds. The molecule has 27 heavy (non-hydrogen) atoms. The van der Waals surface area contributed by atoms with Crippen molar-refractivity contribution in [3.05, 3.63) is 84.1 Å². The third-order valence-electron chi connectivity index (χ3n) is 3.73. The molecule has 0 saturated heterocycles. The van der Waals surface area contributed by atoms with Crippen LogP contribution >= 0.6 is 0 Å². The molecule has 3 aromatic rings. The summed E-state index contributed by atoms with van der Waals surface area (Å²) in [6.45, 7) is 0.171. The molecule has 138 valence electrons. The van der Waals surface area contributed by atoms with Crippen LogP contribution in [0, 0.1) is 5.82 Å². The Morgan fingerprint density at radius 3 is 2.63 bits per heavy atom. The lowest BCUT2D eigenvalue weighted by Gasteiger charge is -2.10. The first kappa shape index (κ1) is 18.2. The van der Waals surface area contributed by atoms with E-state index in [-0.39, 0.29) is 30.6 Å². The molecule has 0 aliphatic heterocycles. The van der Waals surface area contributed by atoms with Crippen molar-refractivity contribution >= 4 is 23.2 Å². The van der Waals surface area contributed by atoms with Crippen molar-refractivity contribution in [3.8, 4) is 0 Å². The van der Waals surface area contributed by atoms with Gasteiger partial charge in [0.05, 0.1) is 25.0 Å². The molecule has 2 aromatic carbocycles. The molecule has 0 aliphatic carbocycles. The number of anilines is 2. The molecule has 3 N–H and O–H groups in total. The Hall–Kier alpha value is -3.61. The fraction of sp³-hybridized carbons (Fsp3) is 0.100. The molecule has 6 nitrogen and oxygen atoms in total. The van der Waals surface area contributed by atoms with Gasteiger partial charge in [0, 0.05) is 11.3 Å². The lowest BCUT2D eigenvalue weighted by Crippen LogP contribution is -2.24. The average molecular weight is 367 g/mol. The second-order valence-corrected chi connectivity index (χ2v) is 5.72. The zero-order chi connectivity index (χ0) is 19.1. The minimum atomic E-state index is -0.430. The molecule has 1 heterocycles. The number of nitrogens with one attached hydrogen (secondary N) is 3. The largest absolute Gasteiger partial charge is 0.467 e. The summed E-state index contributed by atoms with van der Waals surface area (Å²) in [5.41, 5.74) is 1.13. The first-order valence-corrected chi connectivity index (χ1v) is 8.31. The van der Waals surface area contributed by atoms with Crippen LogP contribution in [0.4, 0.5) is 15.8 Å². The first-order valence-electron chi connectivity index (χ1n) is 8.31. The molecular formula is C20H18FN3O3. The Balaban J connectivity index is 1.54. The Morgan fingerprint density at radius 2 is 1.85 bits per heavy atom. The second-order valence-electron chi connectivity index (χ2n) is 5.72. The first-order chi connectivity index (χ1) is 13.1. The molecule has 0 aliphatic rings. The van der Waals surface area contributed by atoms with Gasteiger partial charge in [-0.3, -0.25) is 9.59 Å². The van der Waals surface area contributed by atoms with Gasteiger partial charge in [-0.2, -0.15) is 0 Å². The van der Waals surface area contributed by atoms with E-state index in [1.807, 2.05) is 0 Å². The van der Waals surface area contributed by atoms with E-state index in [0.717, 1.165) is 0 Å². The van der Waals surface area contributed by atoms with Crippen LogP contribution in [0.1, 0.15) is 16.1 Å². The summed E-state index contributed by atoms with van der Waals surface area (Å²) in [5, 5.41) is 8.14. The standard InChI is InChI=1S/C20H18FN3O3/c21-17-8-1-2-9-18(17)22-13-19(25)24-15-6-3-5-14(11-15)20(26)23-12-16-7-4-10-27-16/h1-11,22H,12-13H2,(H,23,26)(H,24,25). The van der Waals surface area contributed by atoms with Gasteiger partial charge in [-0.25, -0.2) is 4.39 Å². The van der Waals surface area contributed by atoms with Crippen molar-refractivity contribution in [2.24, 2.45) is 0 Å². The number of carbonyl (C=O) groups is 2. The molecule has 0 bridgehead atoms. The zero-order valence-corrected chi connectivity index (χ0v) is 14.4. The normalized spacial score (nSPS) is 10.3. The van der Waals surface area contributed by atoms with Crippen molar-refractivity contribution in [1.82, 2.24) is 5.32 Å². The predicted molar refractivity (Wildman–Crippen MR) is 99.8 cm³/mol.